The summed E-state index contributed by atoms with van der Waals surface area (Å²) in [6.45, 7) is 3.80. The number of carbonyl (C=O) groups is 1. The molecule has 0 spiro atoms. The number of ether oxygens (including phenoxy) is 1. The van der Waals surface area contributed by atoms with Crippen LogP contribution in [0.3, 0.4) is 0 Å². The first-order valence-corrected chi connectivity index (χ1v) is 12.0. The number of hydrogen-bond donors (Lipinski definition) is 3. The number of halogens is 2. The molecule has 9 nitrogen and oxygen atoms in total. The van der Waals surface area contributed by atoms with Crippen LogP contribution in [0.4, 0.5) is 30.8 Å². The lowest BCUT2D eigenvalue weighted by molar-refractivity contribution is -0.00885. The molecule has 6 rings (SSSR count). The average Bonchev–Trinajstić information content (AvgIpc) is 2.82. The van der Waals surface area contributed by atoms with E-state index in [1.165, 1.54) is 11.1 Å². The van der Waals surface area contributed by atoms with Crippen molar-refractivity contribution in [3.63, 3.8) is 0 Å². The standard InChI is InChI=1S/C25H26F2N6O3/c1-12-18(8-31-24-23(12)29-2-3-36-24)17-4-13-5-20(30-9-19(13)22(28)21(17)27)33(25(34)35)16-6-15(7-16)32-10-14(26)11-32/h4-5,8-9,14-16,29H,2-3,6-7,10-11,28H2,1H3,(H,34,35)/t15-,16-. The zero-order chi connectivity index (χ0) is 25.1. The minimum atomic E-state index is -1.12. The number of benzene rings is 1. The van der Waals surface area contributed by atoms with E-state index in [0.29, 0.717) is 67.0 Å². The van der Waals surface area contributed by atoms with E-state index in [1.54, 1.807) is 18.3 Å². The van der Waals surface area contributed by atoms with Crippen LogP contribution in [0.5, 0.6) is 5.88 Å². The van der Waals surface area contributed by atoms with E-state index in [4.69, 9.17) is 10.5 Å². The zero-order valence-electron chi connectivity index (χ0n) is 19.7. The maximum absolute atomic E-state index is 15.4. The van der Waals surface area contributed by atoms with E-state index in [2.05, 4.69) is 15.3 Å². The van der Waals surface area contributed by atoms with Crippen LogP contribution in [0.15, 0.2) is 24.5 Å². The van der Waals surface area contributed by atoms with E-state index in [0.717, 1.165) is 5.56 Å². The molecule has 1 aromatic carbocycles. The molecule has 0 radical (unpaired) electrons. The predicted octanol–water partition coefficient (Wildman–Crippen LogP) is 3.80. The van der Waals surface area contributed by atoms with Gasteiger partial charge in [0.2, 0.25) is 5.88 Å². The van der Waals surface area contributed by atoms with Crippen molar-refractivity contribution in [2.75, 3.05) is 42.2 Å². The largest absolute Gasteiger partial charge is 0.474 e. The first-order valence-electron chi connectivity index (χ1n) is 12.0. The van der Waals surface area contributed by atoms with Gasteiger partial charge in [0.25, 0.3) is 0 Å². The van der Waals surface area contributed by atoms with E-state index in [1.807, 2.05) is 11.8 Å². The van der Waals surface area contributed by atoms with Crippen LogP contribution in [0, 0.1) is 12.7 Å². The molecule has 2 fully saturated rings. The summed E-state index contributed by atoms with van der Waals surface area (Å²) in [6, 6.07) is 3.20. The number of nitrogens with zero attached hydrogens (tertiary/aromatic N) is 4. The molecule has 0 bridgehead atoms. The maximum atomic E-state index is 15.4. The molecule has 0 unspecified atom stereocenters. The molecule has 11 heteroatoms. The number of carboxylic acid groups (broad SMARTS) is 1. The van der Waals surface area contributed by atoms with Crippen molar-refractivity contribution in [3.8, 4) is 17.0 Å². The number of nitrogen functional groups attached to an aromatic ring is 1. The molecule has 4 N–H and O–H groups in total. The third-order valence-electron chi connectivity index (χ3n) is 7.51. The minimum Gasteiger partial charge on any atom is -0.474 e. The lowest BCUT2D eigenvalue weighted by atomic mass is 9.82. The second-order valence-electron chi connectivity index (χ2n) is 9.65. The summed E-state index contributed by atoms with van der Waals surface area (Å²) in [5.41, 5.74) is 8.43. The molecule has 3 aromatic rings. The Morgan fingerprint density at radius 3 is 2.75 bits per heavy atom. The number of rotatable bonds is 4. The number of hydrogen-bond acceptors (Lipinski definition) is 7. The molecule has 3 aliphatic rings. The summed E-state index contributed by atoms with van der Waals surface area (Å²) >= 11 is 0. The summed E-state index contributed by atoms with van der Waals surface area (Å²) in [4.78, 5) is 24.1. The van der Waals surface area contributed by atoms with Gasteiger partial charge >= 0.3 is 6.09 Å². The summed E-state index contributed by atoms with van der Waals surface area (Å²) in [5, 5.41) is 14.2. The first-order chi connectivity index (χ1) is 17.3. The second-order valence-corrected chi connectivity index (χ2v) is 9.65. The van der Waals surface area contributed by atoms with Gasteiger partial charge in [0.15, 0.2) is 5.82 Å². The molecule has 4 heterocycles. The number of amides is 1. The van der Waals surface area contributed by atoms with Crippen molar-refractivity contribution in [1.82, 2.24) is 14.9 Å². The van der Waals surface area contributed by atoms with Crippen molar-refractivity contribution in [1.29, 1.82) is 0 Å². The molecule has 2 aromatic heterocycles. The summed E-state index contributed by atoms with van der Waals surface area (Å²) < 4.78 is 34.2. The molecule has 0 atom stereocenters. The highest BCUT2D eigenvalue weighted by Gasteiger charge is 2.44. The summed E-state index contributed by atoms with van der Waals surface area (Å²) in [7, 11) is 0. The van der Waals surface area contributed by atoms with Gasteiger partial charge in [-0.1, -0.05) is 0 Å². The molecule has 1 saturated heterocycles. The Labute approximate surface area is 205 Å². The molecule has 1 amide bonds. The maximum Gasteiger partial charge on any atom is 0.413 e. The highest BCUT2D eigenvalue weighted by atomic mass is 19.1. The fourth-order valence-corrected chi connectivity index (χ4v) is 5.37. The molecule has 36 heavy (non-hydrogen) atoms. The van der Waals surface area contributed by atoms with Crippen LogP contribution in [0.25, 0.3) is 21.9 Å². The SMILES string of the molecule is Cc1c(-c2cc3cc(N(C(=O)O)[C@H]4C[C@H](N5CC(F)C5)C4)ncc3c(N)c2F)cnc2c1NCCO2. The summed E-state index contributed by atoms with van der Waals surface area (Å²) in [6.07, 6.45) is 2.29. The number of alkyl halides is 1. The van der Waals surface area contributed by atoms with Crippen LogP contribution < -0.4 is 20.7 Å². The minimum absolute atomic E-state index is 0.0629. The number of pyridine rings is 2. The quantitative estimate of drug-likeness (QED) is 0.467. The lowest BCUT2D eigenvalue weighted by Gasteiger charge is -2.50. The molecule has 1 aliphatic carbocycles. The Bertz CT molecular complexity index is 1370. The Balaban J connectivity index is 1.36. The van der Waals surface area contributed by atoms with E-state index < -0.39 is 18.1 Å². The molecule has 2 aliphatic heterocycles. The van der Waals surface area contributed by atoms with Gasteiger partial charge in [-0.2, -0.15) is 0 Å². The Kier molecular flexibility index (Phi) is 5.32. The van der Waals surface area contributed by atoms with Gasteiger partial charge in [-0.3, -0.25) is 9.80 Å². The van der Waals surface area contributed by atoms with Crippen molar-refractivity contribution >= 4 is 34.1 Å². The van der Waals surface area contributed by atoms with E-state index >= 15 is 4.39 Å². The smallest absolute Gasteiger partial charge is 0.413 e. The third-order valence-corrected chi connectivity index (χ3v) is 7.51. The van der Waals surface area contributed by atoms with Gasteiger partial charge in [-0.05, 0) is 42.8 Å². The van der Waals surface area contributed by atoms with Crippen LogP contribution in [0.1, 0.15) is 18.4 Å². The Morgan fingerprint density at radius 1 is 1.25 bits per heavy atom. The van der Waals surface area contributed by atoms with Crippen molar-refractivity contribution in [2.24, 2.45) is 0 Å². The highest BCUT2D eigenvalue weighted by molar-refractivity contribution is 5.99. The average molecular weight is 497 g/mol. The van der Waals surface area contributed by atoms with Crippen molar-refractivity contribution < 1.29 is 23.4 Å². The number of nitrogens with two attached hydrogens (primary N) is 1. The Hall–Kier alpha value is -3.73. The van der Waals surface area contributed by atoms with Crippen molar-refractivity contribution in [3.05, 3.63) is 35.9 Å². The van der Waals surface area contributed by atoms with Crippen molar-refractivity contribution in [2.45, 2.75) is 38.0 Å². The lowest BCUT2D eigenvalue weighted by Crippen LogP contribution is -2.62. The molecule has 188 valence electrons. The predicted molar refractivity (Wildman–Crippen MR) is 132 cm³/mol. The van der Waals surface area contributed by atoms with E-state index in [-0.39, 0.29) is 29.2 Å². The topological polar surface area (TPSA) is 117 Å². The highest BCUT2D eigenvalue weighted by Crippen LogP contribution is 2.41. The van der Waals surface area contributed by atoms with Gasteiger partial charge < -0.3 is 20.9 Å². The molecular formula is C25H26F2N6O3. The van der Waals surface area contributed by atoms with Gasteiger partial charge in [-0.15, -0.1) is 0 Å². The van der Waals surface area contributed by atoms with Crippen LogP contribution >= 0.6 is 0 Å². The van der Waals surface area contributed by atoms with Gasteiger partial charge in [0.1, 0.15) is 24.3 Å². The van der Waals surface area contributed by atoms with Crippen LogP contribution in [0.2, 0.25) is 0 Å². The normalized spacial score (nSPS) is 21.6. The fourth-order valence-electron chi connectivity index (χ4n) is 5.37. The number of fused-ring (bicyclic) bond motifs is 2. The zero-order valence-corrected chi connectivity index (χ0v) is 19.7. The second kappa shape index (κ2) is 8.44. The Morgan fingerprint density at radius 2 is 2.03 bits per heavy atom. The number of nitrogens with one attached hydrogen (secondary N) is 1. The molecule has 1 saturated carbocycles. The van der Waals surface area contributed by atoms with Gasteiger partial charge in [-0.25, -0.2) is 23.5 Å². The van der Waals surface area contributed by atoms with Crippen LogP contribution in [-0.2, 0) is 0 Å². The first kappa shape index (κ1) is 22.7. The number of likely N-dealkylation sites (tertiary alicyclic amines) is 1. The summed E-state index contributed by atoms with van der Waals surface area (Å²) in [5.74, 6) is 0.133. The molecular weight excluding hydrogens is 470 g/mol. The van der Waals surface area contributed by atoms with Crippen LogP contribution in [-0.4, -0.2) is 70.6 Å². The van der Waals surface area contributed by atoms with Gasteiger partial charge in [0.05, 0.1) is 5.69 Å². The number of anilines is 3. The van der Waals surface area contributed by atoms with E-state index in [9.17, 15) is 14.3 Å². The fraction of sp³-hybridized carbons (Fsp3) is 0.400. The number of aromatic nitrogens is 2. The monoisotopic (exact) mass is 496 g/mol. The van der Waals surface area contributed by atoms with Gasteiger partial charge in [0, 0.05) is 60.6 Å². The third kappa shape index (κ3) is 3.57.